The van der Waals surface area contributed by atoms with E-state index in [4.69, 9.17) is 16.7 Å². The zero-order chi connectivity index (χ0) is 18.7. The number of rotatable bonds is 4. The molecule has 2 aromatic rings. The zero-order valence-electron chi connectivity index (χ0n) is 14.0. The third-order valence-corrected chi connectivity index (χ3v) is 4.71. The normalized spacial score (nSPS) is 15.1. The fourth-order valence-corrected chi connectivity index (χ4v) is 3.25. The van der Waals surface area contributed by atoms with Gasteiger partial charge in [0, 0.05) is 32.7 Å². The van der Waals surface area contributed by atoms with Crippen molar-refractivity contribution >= 4 is 23.5 Å². The minimum absolute atomic E-state index is 0.114. The van der Waals surface area contributed by atoms with Crippen molar-refractivity contribution in [2.45, 2.75) is 6.54 Å². The van der Waals surface area contributed by atoms with Crippen LogP contribution in [0.2, 0.25) is 5.02 Å². The van der Waals surface area contributed by atoms with Gasteiger partial charge in [-0.05, 0) is 35.9 Å². The van der Waals surface area contributed by atoms with Crippen LogP contribution in [0.15, 0.2) is 42.5 Å². The minimum atomic E-state index is -0.946. The third kappa shape index (κ3) is 4.20. The second-order valence-corrected chi connectivity index (χ2v) is 6.61. The number of carbonyl (C=O) groups excluding carboxylic acids is 1. The lowest BCUT2D eigenvalue weighted by Crippen LogP contribution is -2.48. The van der Waals surface area contributed by atoms with Crippen LogP contribution in [0.25, 0.3) is 0 Å². The topological polar surface area (TPSA) is 60.9 Å². The van der Waals surface area contributed by atoms with Crippen molar-refractivity contribution in [2.24, 2.45) is 0 Å². The average molecular weight is 377 g/mol. The van der Waals surface area contributed by atoms with Crippen LogP contribution >= 0.6 is 11.6 Å². The number of carboxylic acid groups (broad SMARTS) is 1. The molecule has 1 fully saturated rings. The maximum Gasteiger partial charge on any atom is 0.335 e. The Kier molecular flexibility index (Phi) is 5.54. The highest BCUT2D eigenvalue weighted by Crippen LogP contribution is 2.20. The summed E-state index contributed by atoms with van der Waals surface area (Å²) in [7, 11) is 0. The van der Waals surface area contributed by atoms with Crippen LogP contribution in [-0.2, 0) is 6.54 Å². The number of amides is 1. The molecule has 1 saturated heterocycles. The van der Waals surface area contributed by atoms with Crippen molar-refractivity contribution in [3.8, 4) is 0 Å². The molecule has 2 aromatic carbocycles. The summed E-state index contributed by atoms with van der Waals surface area (Å²) in [5.41, 5.74) is 1.49. The van der Waals surface area contributed by atoms with E-state index in [9.17, 15) is 14.0 Å². The Morgan fingerprint density at radius 2 is 1.81 bits per heavy atom. The third-order valence-electron chi connectivity index (χ3n) is 4.40. The van der Waals surface area contributed by atoms with Crippen LogP contribution in [-0.4, -0.2) is 53.0 Å². The van der Waals surface area contributed by atoms with E-state index in [1.807, 2.05) is 6.07 Å². The standard InChI is InChI=1S/C19H18ClFN2O3/c20-17-11-15(21)4-5-16(17)18(24)23-8-6-22(7-9-23)12-13-2-1-3-14(10-13)19(25)26/h1-5,10-11H,6-9,12H2,(H,25,26). The van der Waals surface area contributed by atoms with Gasteiger partial charge in [-0.3, -0.25) is 9.69 Å². The van der Waals surface area contributed by atoms with Crippen molar-refractivity contribution in [2.75, 3.05) is 26.2 Å². The van der Waals surface area contributed by atoms with Crippen LogP contribution in [0.5, 0.6) is 0 Å². The molecule has 0 aromatic heterocycles. The van der Waals surface area contributed by atoms with Gasteiger partial charge in [-0.15, -0.1) is 0 Å². The lowest BCUT2D eigenvalue weighted by molar-refractivity contribution is 0.0626. The highest BCUT2D eigenvalue weighted by atomic mass is 35.5. The largest absolute Gasteiger partial charge is 0.478 e. The first kappa shape index (κ1) is 18.4. The molecule has 0 atom stereocenters. The molecule has 0 unspecified atom stereocenters. The van der Waals surface area contributed by atoms with Crippen molar-refractivity contribution < 1.29 is 19.1 Å². The lowest BCUT2D eigenvalue weighted by Gasteiger charge is -2.35. The Morgan fingerprint density at radius 3 is 2.46 bits per heavy atom. The van der Waals surface area contributed by atoms with E-state index in [0.717, 1.165) is 11.6 Å². The van der Waals surface area contributed by atoms with E-state index in [2.05, 4.69) is 4.90 Å². The summed E-state index contributed by atoms with van der Waals surface area (Å²) in [5.74, 6) is -1.62. The molecule has 1 aliphatic heterocycles. The highest BCUT2D eigenvalue weighted by molar-refractivity contribution is 6.33. The van der Waals surface area contributed by atoms with E-state index < -0.39 is 11.8 Å². The first-order valence-corrected chi connectivity index (χ1v) is 8.61. The number of aromatic carboxylic acids is 1. The second-order valence-electron chi connectivity index (χ2n) is 6.20. The number of carboxylic acids is 1. The zero-order valence-corrected chi connectivity index (χ0v) is 14.7. The molecule has 26 heavy (non-hydrogen) atoms. The van der Waals surface area contributed by atoms with Gasteiger partial charge in [0.15, 0.2) is 0 Å². The first-order valence-electron chi connectivity index (χ1n) is 8.23. The van der Waals surface area contributed by atoms with Gasteiger partial charge in [0.2, 0.25) is 0 Å². The number of hydrogen-bond donors (Lipinski definition) is 1. The van der Waals surface area contributed by atoms with Gasteiger partial charge in [-0.25, -0.2) is 9.18 Å². The summed E-state index contributed by atoms with van der Waals surface area (Å²) in [6.07, 6.45) is 0. The summed E-state index contributed by atoms with van der Waals surface area (Å²) in [5, 5.41) is 9.18. The van der Waals surface area contributed by atoms with E-state index >= 15 is 0 Å². The number of hydrogen-bond acceptors (Lipinski definition) is 3. The van der Waals surface area contributed by atoms with E-state index in [-0.39, 0.29) is 16.5 Å². The number of benzene rings is 2. The van der Waals surface area contributed by atoms with Gasteiger partial charge >= 0.3 is 5.97 Å². The van der Waals surface area contributed by atoms with Crippen molar-refractivity contribution in [3.05, 3.63) is 70.0 Å². The Balaban J connectivity index is 1.59. The summed E-state index contributed by atoms with van der Waals surface area (Å²) >= 11 is 5.97. The molecule has 5 nitrogen and oxygen atoms in total. The number of piperazine rings is 1. The SMILES string of the molecule is O=C(O)c1cccc(CN2CCN(C(=O)c3ccc(F)cc3Cl)CC2)c1. The molecular formula is C19H18ClFN2O3. The molecule has 0 spiro atoms. The van der Waals surface area contributed by atoms with Crippen LogP contribution < -0.4 is 0 Å². The Morgan fingerprint density at radius 1 is 1.08 bits per heavy atom. The van der Waals surface area contributed by atoms with Crippen LogP contribution in [0, 0.1) is 5.82 Å². The first-order chi connectivity index (χ1) is 12.4. The molecular weight excluding hydrogens is 359 g/mol. The molecule has 0 bridgehead atoms. The summed E-state index contributed by atoms with van der Waals surface area (Å²) in [4.78, 5) is 27.5. The molecule has 136 valence electrons. The van der Waals surface area contributed by atoms with Gasteiger partial charge in [0.1, 0.15) is 5.82 Å². The van der Waals surface area contributed by atoms with Crippen molar-refractivity contribution in [1.29, 1.82) is 0 Å². The number of nitrogens with zero attached hydrogens (tertiary/aromatic N) is 2. The summed E-state index contributed by atoms with van der Waals surface area (Å²) < 4.78 is 13.1. The highest BCUT2D eigenvalue weighted by Gasteiger charge is 2.24. The van der Waals surface area contributed by atoms with Crippen LogP contribution in [0.1, 0.15) is 26.3 Å². The fraction of sp³-hybridized carbons (Fsp3) is 0.263. The fourth-order valence-electron chi connectivity index (χ4n) is 3.00. The Labute approximate surface area is 155 Å². The minimum Gasteiger partial charge on any atom is -0.478 e. The molecule has 7 heteroatoms. The Bertz CT molecular complexity index is 835. The molecule has 0 aliphatic carbocycles. The lowest BCUT2D eigenvalue weighted by atomic mass is 10.1. The van der Waals surface area contributed by atoms with Crippen molar-refractivity contribution in [1.82, 2.24) is 9.80 Å². The molecule has 1 aliphatic rings. The van der Waals surface area contributed by atoms with Gasteiger partial charge < -0.3 is 10.0 Å². The molecule has 1 heterocycles. The predicted molar refractivity (Wildman–Crippen MR) is 96.0 cm³/mol. The summed E-state index contributed by atoms with van der Waals surface area (Å²) in [6, 6.07) is 10.6. The monoisotopic (exact) mass is 376 g/mol. The maximum absolute atomic E-state index is 13.1. The average Bonchev–Trinajstić information content (AvgIpc) is 2.62. The predicted octanol–water partition coefficient (Wildman–Crippen LogP) is 3.14. The van der Waals surface area contributed by atoms with Gasteiger partial charge in [-0.2, -0.15) is 0 Å². The van der Waals surface area contributed by atoms with Gasteiger partial charge in [0.05, 0.1) is 16.1 Å². The molecule has 1 amide bonds. The van der Waals surface area contributed by atoms with Gasteiger partial charge in [0.25, 0.3) is 5.91 Å². The number of carbonyl (C=O) groups is 2. The van der Waals surface area contributed by atoms with E-state index in [0.29, 0.717) is 38.3 Å². The summed E-state index contributed by atoms with van der Waals surface area (Å²) in [6.45, 7) is 3.03. The van der Waals surface area contributed by atoms with Crippen LogP contribution in [0.4, 0.5) is 4.39 Å². The maximum atomic E-state index is 13.1. The smallest absolute Gasteiger partial charge is 0.335 e. The van der Waals surface area contributed by atoms with Crippen LogP contribution in [0.3, 0.4) is 0 Å². The molecule has 1 N–H and O–H groups in total. The molecule has 0 saturated carbocycles. The van der Waals surface area contributed by atoms with Gasteiger partial charge in [-0.1, -0.05) is 23.7 Å². The molecule has 0 radical (unpaired) electrons. The quantitative estimate of drug-likeness (QED) is 0.890. The second kappa shape index (κ2) is 7.85. The van der Waals surface area contributed by atoms with E-state index in [1.165, 1.54) is 12.1 Å². The van der Waals surface area contributed by atoms with E-state index in [1.54, 1.807) is 23.1 Å². The molecule has 3 rings (SSSR count). The Hall–Kier alpha value is -2.44. The van der Waals surface area contributed by atoms with Crippen molar-refractivity contribution in [3.63, 3.8) is 0 Å². The number of halogens is 2.